The van der Waals surface area contributed by atoms with Gasteiger partial charge in [-0.15, -0.1) is 0 Å². The average molecular weight is 451 g/mol. The van der Waals surface area contributed by atoms with Crippen molar-refractivity contribution in [3.63, 3.8) is 0 Å². The first kappa shape index (κ1) is 22.2. The standard InChI is InChI=1S/C27H34N2O4/c1-16-4-5-23-22(6-7-29(26(23)32)17(2)15-33-18(3)30)25(16)28-24(31)14-27-11-19-8-20(12-27)10-21(9-19)13-27/h4-7,17,19-21H,8-15H2,1-3H3,(H,28,31). The molecule has 4 saturated carbocycles. The number of hydrogen-bond acceptors (Lipinski definition) is 4. The van der Waals surface area contributed by atoms with E-state index in [9.17, 15) is 14.4 Å². The summed E-state index contributed by atoms with van der Waals surface area (Å²) >= 11 is 0. The second kappa shape index (κ2) is 8.30. The van der Waals surface area contributed by atoms with Gasteiger partial charge in [0, 0.05) is 30.3 Å². The highest BCUT2D eigenvalue weighted by molar-refractivity contribution is 6.03. The van der Waals surface area contributed by atoms with Crippen molar-refractivity contribution in [1.82, 2.24) is 4.57 Å². The molecule has 176 valence electrons. The number of nitrogens with one attached hydrogen (secondary N) is 1. The summed E-state index contributed by atoms with van der Waals surface area (Å²) in [7, 11) is 0. The third-order valence-electron chi connectivity index (χ3n) is 8.29. The Bertz CT molecular complexity index is 1130. The molecule has 6 rings (SSSR count). The minimum atomic E-state index is -0.365. The lowest BCUT2D eigenvalue weighted by Crippen LogP contribution is -2.47. The number of esters is 1. The maximum atomic E-state index is 13.3. The molecule has 1 amide bonds. The monoisotopic (exact) mass is 450 g/mol. The summed E-state index contributed by atoms with van der Waals surface area (Å²) in [6.45, 7) is 5.31. The fourth-order valence-electron chi connectivity index (χ4n) is 7.31. The molecular weight excluding hydrogens is 416 g/mol. The lowest BCUT2D eigenvalue weighted by molar-refractivity contribution is -0.142. The van der Waals surface area contributed by atoms with Gasteiger partial charge in [0.2, 0.25) is 5.91 Å². The van der Waals surface area contributed by atoms with Gasteiger partial charge in [0.15, 0.2) is 0 Å². The minimum absolute atomic E-state index is 0.0694. The molecule has 0 saturated heterocycles. The molecule has 0 spiro atoms. The summed E-state index contributed by atoms with van der Waals surface area (Å²) in [5.74, 6) is 2.15. The molecule has 4 bridgehead atoms. The number of amides is 1. The van der Waals surface area contributed by atoms with E-state index in [0.29, 0.717) is 11.8 Å². The number of nitrogens with zero attached hydrogens (tertiary/aromatic N) is 1. The summed E-state index contributed by atoms with van der Waals surface area (Å²) in [4.78, 5) is 37.6. The number of pyridine rings is 1. The van der Waals surface area contributed by atoms with E-state index in [2.05, 4.69) is 5.32 Å². The van der Waals surface area contributed by atoms with Crippen molar-refractivity contribution in [3.05, 3.63) is 40.3 Å². The van der Waals surface area contributed by atoms with E-state index in [1.807, 2.05) is 32.0 Å². The Hall–Kier alpha value is -2.63. The van der Waals surface area contributed by atoms with Gasteiger partial charge < -0.3 is 14.6 Å². The molecule has 1 unspecified atom stereocenters. The molecule has 4 aliphatic rings. The smallest absolute Gasteiger partial charge is 0.302 e. The Morgan fingerprint density at radius 3 is 2.33 bits per heavy atom. The van der Waals surface area contributed by atoms with Crippen molar-refractivity contribution in [2.75, 3.05) is 11.9 Å². The number of fused-ring (bicyclic) bond motifs is 1. The first-order chi connectivity index (χ1) is 15.7. The molecule has 1 N–H and O–H groups in total. The van der Waals surface area contributed by atoms with Crippen LogP contribution < -0.4 is 10.9 Å². The summed E-state index contributed by atoms with van der Waals surface area (Å²) in [6.07, 6.45) is 10.0. The van der Waals surface area contributed by atoms with Gasteiger partial charge in [-0.1, -0.05) is 6.07 Å². The van der Waals surface area contributed by atoms with Crippen LogP contribution in [-0.4, -0.2) is 23.1 Å². The summed E-state index contributed by atoms with van der Waals surface area (Å²) in [6, 6.07) is 5.32. The van der Waals surface area contributed by atoms with E-state index in [1.165, 1.54) is 45.4 Å². The van der Waals surface area contributed by atoms with Crippen LogP contribution in [0.1, 0.15) is 70.4 Å². The van der Waals surface area contributed by atoms with Crippen LogP contribution in [0.5, 0.6) is 0 Å². The highest BCUT2D eigenvalue weighted by Crippen LogP contribution is 2.61. The lowest BCUT2D eigenvalue weighted by atomic mass is 9.49. The largest absolute Gasteiger partial charge is 0.464 e. The minimum Gasteiger partial charge on any atom is -0.464 e. The molecule has 33 heavy (non-hydrogen) atoms. The zero-order chi connectivity index (χ0) is 23.3. The van der Waals surface area contributed by atoms with Crippen LogP contribution in [0, 0.1) is 30.1 Å². The van der Waals surface area contributed by atoms with E-state index in [1.54, 1.807) is 10.8 Å². The van der Waals surface area contributed by atoms with Crippen molar-refractivity contribution in [3.8, 4) is 0 Å². The number of anilines is 1. The zero-order valence-corrected chi connectivity index (χ0v) is 19.9. The Labute approximate surface area is 194 Å². The fourth-order valence-corrected chi connectivity index (χ4v) is 7.31. The summed E-state index contributed by atoms with van der Waals surface area (Å²) in [5.41, 5.74) is 1.71. The molecule has 0 aliphatic heterocycles. The maximum absolute atomic E-state index is 13.3. The molecule has 1 atom stereocenters. The van der Waals surface area contributed by atoms with Gasteiger partial charge >= 0.3 is 5.97 Å². The molecule has 2 aromatic rings. The van der Waals surface area contributed by atoms with Gasteiger partial charge in [0.1, 0.15) is 6.61 Å². The van der Waals surface area contributed by atoms with Gasteiger partial charge in [-0.05, 0) is 93.2 Å². The van der Waals surface area contributed by atoms with E-state index in [4.69, 9.17) is 4.74 Å². The fraction of sp³-hybridized carbons (Fsp3) is 0.593. The van der Waals surface area contributed by atoms with Crippen LogP contribution in [0.2, 0.25) is 0 Å². The van der Waals surface area contributed by atoms with Gasteiger partial charge in [-0.25, -0.2) is 0 Å². The number of hydrogen-bond donors (Lipinski definition) is 1. The van der Waals surface area contributed by atoms with Gasteiger partial charge in [-0.2, -0.15) is 0 Å². The number of ether oxygens (including phenoxy) is 1. The number of rotatable bonds is 6. The van der Waals surface area contributed by atoms with Crippen LogP contribution >= 0.6 is 0 Å². The predicted molar refractivity (Wildman–Crippen MR) is 128 cm³/mol. The lowest BCUT2D eigenvalue weighted by Gasteiger charge is -2.56. The van der Waals surface area contributed by atoms with E-state index in [0.717, 1.165) is 34.4 Å². The summed E-state index contributed by atoms with van der Waals surface area (Å²) in [5, 5.41) is 4.51. The average Bonchev–Trinajstić information content (AvgIpc) is 2.73. The molecular formula is C27H34N2O4. The second-order valence-corrected chi connectivity index (χ2v) is 11.0. The molecule has 4 aliphatic carbocycles. The molecule has 1 aromatic heterocycles. The topological polar surface area (TPSA) is 77.4 Å². The third-order valence-corrected chi connectivity index (χ3v) is 8.29. The Morgan fingerprint density at radius 2 is 1.73 bits per heavy atom. The van der Waals surface area contributed by atoms with E-state index in [-0.39, 0.29) is 35.5 Å². The molecule has 1 heterocycles. The normalized spacial score (nSPS) is 28.6. The second-order valence-electron chi connectivity index (χ2n) is 11.0. The highest BCUT2D eigenvalue weighted by atomic mass is 16.5. The number of benzene rings is 1. The number of carbonyl (C=O) groups excluding carboxylic acids is 2. The quantitative estimate of drug-likeness (QED) is 0.630. The Morgan fingerprint density at radius 1 is 1.09 bits per heavy atom. The zero-order valence-electron chi connectivity index (χ0n) is 19.9. The van der Waals surface area contributed by atoms with Crippen molar-refractivity contribution < 1.29 is 14.3 Å². The van der Waals surface area contributed by atoms with E-state index >= 15 is 0 Å². The number of aromatic nitrogens is 1. The van der Waals surface area contributed by atoms with Gasteiger partial charge in [0.25, 0.3) is 5.56 Å². The molecule has 1 aromatic carbocycles. The first-order valence-corrected chi connectivity index (χ1v) is 12.3. The van der Waals surface area contributed by atoms with Crippen molar-refractivity contribution >= 4 is 28.3 Å². The van der Waals surface area contributed by atoms with Crippen LogP contribution in [-0.2, 0) is 14.3 Å². The van der Waals surface area contributed by atoms with E-state index < -0.39 is 0 Å². The molecule has 6 heteroatoms. The Kier molecular flexibility index (Phi) is 5.58. The van der Waals surface area contributed by atoms with Gasteiger partial charge in [0.05, 0.1) is 11.7 Å². The molecule has 6 nitrogen and oxygen atoms in total. The van der Waals surface area contributed by atoms with Crippen molar-refractivity contribution in [1.29, 1.82) is 0 Å². The SMILES string of the molecule is CC(=O)OCC(C)n1ccc2c(NC(=O)CC34CC5CC(CC(C5)C3)C4)c(C)ccc2c1=O. The number of aryl methyl sites for hydroxylation is 1. The number of carbonyl (C=O) groups is 2. The first-order valence-electron chi connectivity index (χ1n) is 12.3. The predicted octanol–water partition coefficient (Wildman–Crippen LogP) is 4.98. The summed E-state index contributed by atoms with van der Waals surface area (Å²) < 4.78 is 6.67. The van der Waals surface area contributed by atoms with Gasteiger partial charge in [-0.3, -0.25) is 14.4 Å². The van der Waals surface area contributed by atoms with Crippen molar-refractivity contribution in [2.24, 2.45) is 23.2 Å². The molecule has 4 fully saturated rings. The molecule has 0 radical (unpaired) electrons. The van der Waals surface area contributed by atoms with Crippen LogP contribution in [0.15, 0.2) is 29.2 Å². The van der Waals surface area contributed by atoms with Crippen LogP contribution in [0.25, 0.3) is 10.8 Å². The maximum Gasteiger partial charge on any atom is 0.302 e. The highest BCUT2D eigenvalue weighted by Gasteiger charge is 2.51. The van der Waals surface area contributed by atoms with Crippen LogP contribution in [0.3, 0.4) is 0 Å². The third kappa shape index (κ3) is 4.20. The van der Waals surface area contributed by atoms with Crippen molar-refractivity contribution in [2.45, 2.75) is 71.8 Å². The Balaban J connectivity index is 1.38. The van der Waals surface area contributed by atoms with Crippen LogP contribution in [0.4, 0.5) is 5.69 Å².